The minimum atomic E-state index is 0.0417. The first-order valence-electron chi connectivity index (χ1n) is 8.62. The average molecular weight is 316 g/mol. The second kappa shape index (κ2) is 9.67. The van der Waals surface area contributed by atoms with Crippen molar-refractivity contribution in [2.45, 2.75) is 64.9 Å². The fourth-order valence-corrected chi connectivity index (χ4v) is 2.62. The van der Waals surface area contributed by atoms with Gasteiger partial charge in [0.1, 0.15) is 6.29 Å². The number of allylic oxidation sites excluding steroid dienone is 1. The van der Waals surface area contributed by atoms with E-state index in [0.29, 0.717) is 0 Å². The molecule has 23 heavy (non-hydrogen) atoms. The van der Waals surface area contributed by atoms with Gasteiger partial charge >= 0.3 is 0 Å². The molecule has 0 aromatic heterocycles. The fraction of sp³-hybridized carbons (Fsp3) is 0.571. The summed E-state index contributed by atoms with van der Waals surface area (Å²) < 4.78 is 4.94. The van der Waals surface area contributed by atoms with Gasteiger partial charge in [0.15, 0.2) is 0 Å². The molecule has 128 valence electrons. The first-order valence-corrected chi connectivity index (χ1v) is 8.62. The Morgan fingerprint density at radius 3 is 2.00 bits per heavy atom. The van der Waals surface area contributed by atoms with E-state index in [1.807, 2.05) is 26.8 Å². The van der Waals surface area contributed by atoms with E-state index in [1.165, 1.54) is 37.3 Å². The van der Waals surface area contributed by atoms with E-state index in [4.69, 9.17) is 4.74 Å². The Labute approximate surface area is 141 Å². The second-order valence-electron chi connectivity index (χ2n) is 7.44. The number of benzene rings is 1. The lowest BCUT2D eigenvalue weighted by molar-refractivity contribution is -0.104. The predicted octanol–water partition coefficient (Wildman–Crippen LogP) is 5.62. The topological polar surface area (TPSA) is 26.3 Å². The minimum absolute atomic E-state index is 0.0417. The molecule has 1 aromatic carbocycles. The lowest BCUT2D eigenvalue weighted by Gasteiger charge is -2.26. The first kappa shape index (κ1) is 19.6. The highest BCUT2D eigenvalue weighted by atomic mass is 16.5. The van der Waals surface area contributed by atoms with Crippen LogP contribution in [0.1, 0.15) is 70.4 Å². The summed E-state index contributed by atoms with van der Waals surface area (Å²) in [6.45, 7) is 8.41. The molecule has 2 nitrogen and oxygen atoms in total. The molecular weight excluding hydrogens is 284 g/mol. The Morgan fingerprint density at radius 1 is 1.04 bits per heavy atom. The summed E-state index contributed by atoms with van der Waals surface area (Å²) in [5.74, 6) is 1.65. The number of carbonyl (C=O) groups is 1. The van der Waals surface area contributed by atoms with Gasteiger partial charge in [-0.2, -0.15) is 0 Å². The van der Waals surface area contributed by atoms with Crippen LogP contribution in [0.15, 0.2) is 30.3 Å². The zero-order chi connectivity index (χ0) is 17.3. The lowest BCUT2D eigenvalue weighted by Crippen LogP contribution is -2.15. The van der Waals surface area contributed by atoms with E-state index in [9.17, 15) is 4.79 Å². The number of rotatable bonds is 3. The van der Waals surface area contributed by atoms with E-state index < -0.39 is 0 Å². The minimum Gasteiger partial charge on any atom is -0.379 e. The Hall–Kier alpha value is -1.41. The molecule has 0 heterocycles. The van der Waals surface area contributed by atoms with E-state index >= 15 is 0 Å². The van der Waals surface area contributed by atoms with Gasteiger partial charge in [0.2, 0.25) is 0 Å². The van der Waals surface area contributed by atoms with E-state index in [0.717, 1.165) is 23.7 Å². The lowest BCUT2D eigenvalue weighted by atomic mass is 9.79. The van der Waals surface area contributed by atoms with Gasteiger partial charge in [0.05, 0.1) is 5.60 Å². The molecule has 1 aliphatic rings. The van der Waals surface area contributed by atoms with Gasteiger partial charge in [-0.25, -0.2) is 0 Å². The largest absolute Gasteiger partial charge is 0.379 e. The molecule has 2 rings (SSSR count). The number of hydrogen-bond donors (Lipinski definition) is 0. The second-order valence-corrected chi connectivity index (χ2v) is 7.44. The zero-order valence-corrected chi connectivity index (χ0v) is 15.3. The van der Waals surface area contributed by atoms with Gasteiger partial charge in [0.25, 0.3) is 0 Å². The van der Waals surface area contributed by atoms with Crippen LogP contribution < -0.4 is 0 Å². The van der Waals surface area contributed by atoms with Crippen LogP contribution >= 0.6 is 0 Å². The molecule has 0 atom stereocenters. The van der Waals surface area contributed by atoms with Crippen LogP contribution in [0.3, 0.4) is 0 Å². The summed E-state index contributed by atoms with van der Waals surface area (Å²) >= 11 is 0. The Morgan fingerprint density at radius 2 is 1.57 bits per heavy atom. The van der Waals surface area contributed by atoms with Crippen LogP contribution in [0, 0.1) is 5.92 Å². The zero-order valence-electron chi connectivity index (χ0n) is 15.3. The van der Waals surface area contributed by atoms with Gasteiger partial charge < -0.3 is 4.74 Å². The maximum absolute atomic E-state index is 10.2. The maximum Gasteiger partial charge on any atom is 0.142 e. The fourth-order valence-electron chi connectivity index (χ4n) is 2.62. The van der Waals surface area contributed by atoms with Gasteiger partial charge in [-0.1, -0.05) is 50.1 Å². The number of aldehydes is 1. The molecule has 0 bridgehead atoms. The number of hydrogen-bond acceptors (Lipinski definition) is 2. The van der Waals surface area contributed by atoms with Crippen LogP contribution in [0.4, 0.5) is 0 Å². The normalized spacial score (nSPS) is 21.6. The number of carbonyl (C=O) groups excluding carboxylic acids is 1. The van der Waals surface area contributed by atoms with Crippen molar-refractivity contribution >= 4 is 12.4 Å². The Balaban J connectivity index is 0.000000379. The third-order valence-corrected chi connectivity index (χ3v) is 4.40. The maximum atomic E-state index is 10.2. The highest BCUT2D eigenvalue weighted by molar-refractivity contribution is 5.73. The molecule has 1 aliphatic carbocycles. The molecular formula is C21H32O2. The van der Waals surface area contributed by atoms with Gasteiger partial charge in [-0.05, 0) is 62.7 Å². The smallest absolute Gasteiger partial charge is 0.142 e. The van der Waals surface area contributed by atoms with Gasteiger partial charge in [0, 0.05) is 7.11 Å². The monoisotopic (exact) mass is 316 g/mol. The summed E-state index contributed by atoms with van der Waals surface area (Å²) in [6, 6.07) is 8.64. The molecule has 0 aliphatic heterocycles. The summed E-state index contributed by atoms with van der Waals surface area (Å²) in [4.78, 5) is 10.2. The van der Waals surface area contributed by atoms with Crippen molar-refractivity contribution in [3.05, 3.63) is 41.5 Å². The Bertz CT molecular complexity index is 472. The van der Waals surface area contributed by atoms with Crippen molar-refractivity contribution in [2.24, 2.45) is 5.92 Å². The Kier molecular flexibility index (Phi) is 8.25. The third-order valence-electron chi connectivity index (χ3n) is 4.40. The van der Waals surface area contributed by atoms with Crippen LogP contribution in [-0.2, 0) is 9.53 Å². The summed E-state index contributed by atoms with van der Waals surface area (Å²) in [6.07, 6.45) is 9.57. The molecule has 1 fully saturated rings. The molecule has 0 saturated heterocycles. The van der Waals surface area contributed by atoms with Gasteiger partial charge in [-0.3, -0.25) is 4.79 Å². The van der Waals surface area contributed by atoms with E-state index in [1.54, 1.807) is 7.11 Å². The van der Waals surface area contributed by atoms with E-state index in [2.05, 4.69) is 31.2 Å². The molecule has 2 heteroatoms. The predicted molar refractivity (Wildman–Crippen MR) is 98.7 cm³/mol. The van der Waals surface area contributed by atoms with E-state index in [-0.39, 0.29) is 5.60 Å². The van der Waals surface area contributed by atoms with Crippen LogP contribution in [0.25, 0.3) is 6.08 Å². The summed E-state index contributed by atoms with van der Waals surface area (Å²) in [7, 11) is 1.71. The third kappa shape index (κ3) is 8.13. The highest BCUT2D eigenvalue weighted by Gasteiger charge is 2.19. The number of ether oxygens (including phenoxy) is 1. The molecule has 0 N–H and O–H groups in total. The first-order chi connectivity index (χ1) is 10.9. The average Bonchev–Trinajstić information content (AvgIpc) is 2.54. The molecule has 0 radical (unpaired) electrons. The quantitative estimate of drug-likeness (QED) is 0.534. The standard InChI is InChI=1S/C16H20O.C5H12O/c1-13-4-8-15(9-5-13)16-10-6-14(7-11-16)3-2-12-17;1-5(2,3)6-4/h2-3,6-7,10-13,15H,4-5,8-9H2,1H3;1-4H3/b3-2+;. The van der Waals surface area contributed by atoms with Crippen molar-refractivity contribution in [3.63, 3.8) is 0 Å². The van der Waals surface area contributed by atoms with Crippen molar-refractivity contribution < 1.29 is 9.53 Å². The molecule has 1 aromatic rings. The molecule has 1 saturated carbocycles. The SMILES string of the molecule is CC1CCC(c2ccc(/C=C/C=O)cc2)CC1.COC(C)(C)C. The van der Waals surface area contributed by atoms with Crippen molar-refractivity contribution in [1.29, 1.82) is 0 Å². The number of methoxy groups -OCH3 is 1. The summed E-state index contributed by atoms with van der Waals surface area (Å²) in [5, 5.41) is 0. The summed E-state index contributed by atoms with van der Waals surface area (Å²) in [5.41, 5.74) is 2.60. The van der Waals surface area contributed by atoms with Crippen molar-refractivity contribution in [1.82, 2.24) is 0 Å². The van der Waals surface area contributed by atoms with Crippen LogP contribution in [0.5, 0.6) is 0 Å². The van der Waals surface area contributed by atoms with Crippen molar-refractivity contribution in [2.75, 3.05) is 7.11 Å². The molecule has 0 spiro atoms. The highest BCUT2D eigenvalue weighted by Crippen LogP contribution is 2.35. The van der Waals surface area contributed by atoms with Gasteiger partial charge in [-0.15, -0.1) is 0 Å². The van der Waals surface area contributed by atoms with Crippen molar-refractivity contribution in [3.8, 4) is 0 Å². The van der Waals surface area contributed by atoms with Crippen LogP contribution in [0.2, 0.25) is 0 Å². The molecule has 0 unspecified atom stereocenters. The molecule has 0 amide bonds. The van der Waals surface area contributed by atoms with Crippen LogP contribution in [-0.4, -0.2) is 19.0 Å².